The monoisotopic (exact) mass is 506 g/mol. The average Bonchev–Trinajstić information content (AvgIpc) is 2.91. The molecule has 2 aliphatic heterocycles. The van der Waals surface area contributed by atoms with E-state index in [0.29, 0.717) is 50.5 Å². The van der Waals surface area contributed by atoms with Gasteiger partial charge < -0.3 is 25.2 Å². The lowest BCUT2D eigenvalue weighted by molar-refractivity contribution is -0.136. The molecular weight excluding hydrogens is 472 g/mol. The molecule has 4 amide bonds. The second-order valence-electron chi connectivity index (χ2n) is 9.87. The van der Waals surface area contributed by atoms with Crippen LogP contribution in [0.5, 0.6) is 5.75 Å². The zero-order valence-electron chi connectivity index (χ0n) is 21.4. The van der Waals surface area contributed by atoms with Crippen LogP contribution in [0.15, 0.2) is 48.5 Å². The normalized spacial score (nSPS) is 15.6. The fraction of sp³-hybridized carbons (Fsp3) is 0.429. The Balaban J connectivity index is 1.24. The number of nitrogens with zero attached hydrogens (tertiary/aromatic N) is 2. The highest BCUT2D eigenvalue weighted by Gasteiger charge is 2.27. The van der Waals surface area contributed by atoms with Gasteiger partial charge in [-0.05, 0) is 61.4 Å². The summed E-state index contributed by atoms with van der Waals surface area (Å²) in [5.41, 5.74) is 2.33. The summed E-state index contributed by atoms with van der Waals surface area (Å²) in [7, 11) is 0. The molecule has 0 unspecified atom stereocenters. The number of hydrogen-bond donors (Lipinski definition) is 2. The van der Waals surface area contributed by atoms with Crippen molar-refractivity contribution >= 4 is 35.2 Å². The van der Waals surface area contributed by atoms with Crippen LogP contribution in [0.3, 0.4) is 0 Å². The standard InChI is InChI=1S/C28H34N4O5/c1-19(2)27(35)32-14-6-7-21-10-11-22(17-24(21)32)30-26(34)25(33)29-18-20-12-15-31(16-13-20)28(36)37-23-8-4-3-5-9-23/h3-5,8-11,17,19-20H,6-7,12-16,18H2,1-2H3,(H,29,33)(H,30,34). The van der Waals surface area contributed by atoms with Gasteiger partial charge in [-0.1, -0.05) is 38.1 Å². The van der Waals surface area contributed by atoms with E-state index in [1.807, 2.05) is 38.1 Å². The summed E-state index contributed by atoms with van der Waals surface area (Å²) in [4.78, 5) is 53.3. The Hall–Kier alpha value is -3.88. The Labute approximate surface area is 217 Å². The Bertz CT molecular complexity index is 1140. The van der Waals surface area contributed by atoms with Crippen LogP contribution >= 0.6 is 0 Å². The summed E-state index contributed by atoms with van der Waals surface area (Å²) in [6.45, 7) is 5.79. The molecule has 37 heavy (non-hydrogen) atoms. The van der Waals surface area contributed by atoms with Gasteiger partial charge in [0.05, 0.1) is 0 Å². The molecule has 0 bridgehead atoms. The van der Waals surface area contributed by atoms with Crippen molar-refractivity contribution in [2.75, 3.05) is 36.4 Å². The zero-order chi connectivity index (χ0) is 26.4. The van der Waals surface area contributed by atoms with Crippen molar-refractivity contribution in [2.24, 2.45) is 11.8 Å². The molecule has 196 valence electrons. The number of fused-ring (bicyclic) bond motifs is 1. The third-order valence-electron chi connectivity index (χ3n) is 6.80. The van der Waals surface area contributed by atoms with Crippen molar-refractivity contribution in [1.82, 2.24) is 10.2 Å². The number of nitrogens with one attached hydrogen (secondary N) is 2. The van der Waals surface area contributed by atoms with E-state index < -0.39 is 11.8 Å². The van der Waals surface area contributed by atoms with Crippen LogP contribution < -0.4 is 20.3 Å². The van der Waals surface area contributed by atoms with E-state index in [-0.39, 0.29) is 23.8 Å². The lowest BCUT2D eigenvalue weighted by atomic mass is 9.97. The van der Waals surface area contributed by atoms with Gasteiger partial charge in [0.15, 0.2) is 0 Å². The molecule has 2 heterocycles. The van der Waals surface area contributed by atoms with Gasteiger partial charge in [0.25, 0.3) is 0 Å². The highest BCUT2D eigenvalue weighted by atomic mass is 16.6. The van der Waals surface area contributed by atoms with Gasteiger partial charge in [0, 0.05) is 43.5 Å². The summed E-state index contributed by atoms with van der Waals surface area (Å²) < 4.78 is 5.38. The van der Waals surface area contributed by atoms with E-state index in [2.05, 4.69) is 10.6 Å². The van der Waals surface area contributed by atoms with Crippen LogP contribution in [0.4, 0.5) is 16.2 Å². The summed E-state index contributed by atoms with van der Waals surface area (Å²) in [6.07, 6.45) is 2.79. The molecule has 0 atom stereocenters. The van der Waals surface area contributed by atoms with E-state index in [9.17, 15) is 19.2 Å². The summed E-state index contributed by atoms with van der Waals surface area (Å²) >= 11 is 0. The molecular formula is C28H34N4O5. The molecule has 2 aromatic carbocycles. The van der Waals surface area contributed by atoms with Crippen molar-refractivity contribution in [1.29, 1.82) is 0 Å². The maximum atomic E-state index is 12.6. The molecule has 9 nitrogen and oxygen atoms in total. The van der Waals surface area contributed by atoms with Gasteiger partial charge >= 0.3 is 17.9 Å². The first-order chi connectivity index (χ1) is 17.8. The quantitative estimate of drug-likeness (QED) is 0.603. The Kier molecular flexibility index (Phi) is 8.43. The number of aryl methyl sites for hydroxylation is 1. The van der Waals surface area contributed by atoms with Gasteiger partial charge in [0.2, 0.25) is 5.91 Å². The average molecular weight is 507 g/mol. The van der Waals surface area contributed by atoms with Crippen LogP contribution in [-0.4, -0.2) is 54.9 Å². The summed E-state index contributed by atoms with van der Waals surface area (Å²) in [6, 6.07) is 14.4. The zero-order valence-corrected chi connectivity index (χ0v) is 21.4. The fourth-order valence-electron chi connectivity index (χ4n) is 4.67. The topological polar surface area (TPSA) is 108 Å². The molecule has 1 fully saturated rings. The van der Waals surface area contributed by atoms with Crippen LogP contribution in [-0.2, 0) is 20.8 Å². The second kappa shape index (κ2) is 11.9. The largest absolute Gasteiger partial charge is 0.415 e. The minimum absolute atomic E-state index is 0.0431. The Morgan fingerprint density at radius 3 is 2.41 bits per heavy atom. The fourth-order valence-corrected chi connectivity index (χ4v) is 4.67. The third-order valence-corrected chi connectivity index (χ3v) is 6.80. The highest BCUT2D eigenvalue weighted by molar-refractivity contribution is 6.39. The Morgan fingerprint density at radius 1 is 0.973 bits per heavy atom. The first-order valence-electron chi connectivity index (χ1n) is 12.9. The molecule has 0 aliphatic carbocycles. The van der Waals surface area contributed by atoms with Gasteiger partial charge in [-0.25, -0.2) is 4.79 Å². The molecule has 0 aromatic heterocycles. The molecule has 9 heteroatoms. The van der Waals surface area contributed by atoms with Gasteiger partial charge in [-0.3, -0.25) is 14.4 Å². The molecule has 2 N–H and O–H groups in total. The number of ether oxygens (including phenoxy) is 1. The van der Waals surface area contributed by atoms with Gasteiger partial charge in [-0.15, -0.1) is 0 Å². The van der Waals surface area contributed by atoms with Crippen molar-refractivity contribution in [3.05, 3.63) is 54.1 Å². The number of rotatable bonds is 5. The molecule has 2 aliphatic rings. The predicted octanol–water partition coefficient (Wildman–Crippen LogP) is 3.59. The first-order valence-corrected chi connectivity index (χ1v) is 12.9. The van der Waals surface area contributed by atoms with Gasteiger partial charge in [-0.2, -0.15) is 0 Å². The van der Waals surface area contributed by atoms with E-state index in [4.69, 9.17) is 4.74 Å². The van der Waals surface area contributed by atoms with E-state index >= 15 is 0 Å². The number of likely N-dealkylation sites (tertiary alicyclic amines) is 1. The number of benzene rings is 2. The van der Waals surface area contributed by atoms with E-state index in [0.717, 1.165) is 24.1 Å². The molecule has 2 aromatic rings. The van der Waals surface area contributed by atoms with Crippen LogP contribution in [0.25, 0.3) is 0 Å². The molecule has 0 spiro atoms. The summed E-state index contributed by atoms with van der Waals surface area (Å²) in [5.74, 6) is -0.874. The van der Waals surface area contributed by atoms with Crippen molar-refractivity contribution < 1.29 is 23.9 Å². The third kappa shape index (κ3) is 6.67. The second-order valence-corrected chi connectivity index (χ2v) is 9.87. The molecule has 0 radical (unpaired) electrons. The lowest BCUT2D eigenvalue weighted by Crippen LogP contribution is -2.44. The molecule has 0 saturated carbocycles. The first kappa shape index (κ1) is 26.2. The van der Waals surface area contributed by atoms with Crippen LogP contribution in [0.2, 0.25) is 0 Å². The predicted molar refractivity (Wildman–Crippen MR) is 140 cm³/mol. The Morgan fingerprint density at radius 2 is 1.70 bits per heavy atom. The van der Waals surface area contributed by atoms with Crippen molar-refractivity contribution in [3.63, 3.8) is 0 Å². The minimum Gasteiger partial charge on any atom is -0.410 e. The maximum Gasteiger partial charge on any atom is 0.415 e. The number of hydrogen-bond acceptors (Lipinski definition) is 5. The van der Waals surface area contributed by atoms with Gasteiger partial charge in [0.1, 0.15) is 5.75 Å². The van der Waals surface area contributed by atoms with Crippen molar-refractivity contribution in [2.45, 2.75) is 39.5 Å². The highest BCUT2D eigenvalue weighted by Crippen LogP contribution is 2.31. The SMILES string of the molecule is CC(C)C(=O)N1CCCc2ccc(NC(=O)C(=O)NCC3CCN(C(=O)Oc4ccccc4)CC3)cc21. The summed E-state index contributed by atoms with van der Waals surface area (Å²) in [5, 5.41) is 5.37. The van der Waals surface area contributed by atoms with Crippen molar-refractivity contribution in [3.8, 4) is 5.75 Å². The minimum atomic E-state index is -0.749. The van der Waals surface area contributed by atoms with Crippen LogP contribution in [0.1, 0.15) is 38.7 Å². The number of para-hydroxylation sites is 1. The molecule has 4 rings (SSSR count). The molecule has 1 saturated heterocycles. The van der Waals surface area contributed by atoms with E-state index in [1.54, 1.807) is 34.1 Å². The maximum absolute atomic E-state index is 12.6. The number of piperidine rings is 1. The lowest BCUT2D eigenvalue weighted by Gasteiger charge is -2.31. The number of carbonyl (C=O) groups excluding carboxylic acids is 4. The smallest absolute Gasteiger partial charge is 0.410 e. The van der Waals surface area contributed by atoms with E-state index in [1.165, 1.54) is 0 Å². The number of carbonyl (C=O) groups is 4. The van der Waals surface area contributed by atoms with Crippen LogP contribution in [0, 0.1) is 11.8 Å². The number of anilines is 2. The number of amides is 4.